The molecule has 0 saturated carbocycles. The van der Waals surface area contributed by atoms with E-state index >= 15 is 0 Å². The number of aryl methyl sites for hydroxylation is 1. The Labute approximate surface area is 210 Å². The summed E-state index contributed by atoms with van der Waals surface area (Å²) in [5, 5.41) is 4.67. The van der Waals surface area contributed by atoms with Crippen molar-refractivity contribution in [2.75, 3.05) is 26.9 Å². The zero-order valence-corrected chi connectivity index (χ0v) is 21.0. The number of hydrogen-bond donors (Lipinski definition) is 0. The van der Waals surface area contributed by atoms with E-state index in [2.05, 4.69) is 5.10 Å². The van der Waals surface area contributed by atoms with Gasteiger partial charge in [0.1, 0.15) is 13.2 Å². The summed E-state index contributed by atoms with van der Waals surface area (Å²) in [5.74, 6) is 1.29. The van der Waals surface area contributed by atoms with E-state index in [4.69, 9.17) is 14.2 Å². The second-order valence-electron chi connectivity index (χ2n) is 9.24. The number of carbonyl (C=O) groups excluding carboxylic acids is 2. The first kappa shape index (κ1) is 23.9. The molecular weight excluding hydrogens is 458 g/mol. The highest BCUT2D eigenvalue weighted by Crippen LogP contribution is 2.38. The van der Waals surface area contributed by atoms with E-state index in [1.807, 2.05) is 65.9 Å². The minimum absolute atomic E-state index is 0.0152. The molecule has 1 fully saturated rings. The lowest BCUT2D eigenvalue weighted by molar-refractivity contribution is -0.140. The predicted octanol–water partition coefficient (Wildman–Crippen LogP) is 4.34. The van der Waals surface area contributed by atoms with E-state index in [1.54, 1.807) is 0 Å². The fourth-order valence-electron chi connectivity index (χ4n) is 5.15. The Hall–Kier alpha value is -3.81. The van der Waals surface area contributed by atoms with Gasteiger partial charge in [0.2, 0.25) is 0 Å². The number of fused-ring (bicyclic) bond motifs is 1. The van der Waals surface area contributed by atoms with Crippen LogP contribution in [0, 0.1) is 13.8 Å². The van der Waals surface area contributed by atoms with Gasteiger partial charge in [0.15, 0.2) is 11.5 Å². The van der Waals surface area contributed by atoms with Crippen molar-refractivity contribution in [3.8, 4) is 17.2 Å². The van der Waals surface area contributed by atoms with Crippen LogP contribution in [0.1, 0.15) is 58.2 Å². The molecule has 0 radical (unpaired) electrons. The van der Waals surface area contributed by atoms with Crippen LogP contribution in [-0.2, 0) is 16.0 Å². The molecule has 2 aromatic carbocycles. The molecule has 1 amide bonds. The van der Waals surface area contributed by atoms with Gasteiger partial charge in [0.05, 0.1) is 24.5 Å². The third-order valence-electron chi connectivity index (χ3n) is 7.07. The van der Waals surface area contributed by atoms with Gasteiger partial charge in [-0.05, 0) is 80.6 Å². The van der Waals surface area contributed by atoms with E-state index < -0.39 is 0 Å². The molecule has 1 saturated heterocycles. The molecule has 1 aromatic heterocycles. The van der Waals surface area contributed by atoms with Gasteiger partial charge >= 0.3 is 5.97 Å². The van der Waals surface area contributed by atoms with Crippen molar-refractivity contribution < 1.29 is 23.8 Å². The minimum atomic E-state index is -0.235. The Morgan fingerprint density at radius 1 is 1.06 bits per heavy atom. The van der Waals surface area contributed by atoms with Gasteiger partial charge in [0, 0.05) is 24.2 Å². The molecule has 0 aliphatic carbocycles. The van der Waals surface area contributed by atoms with Crippen molar-refractivity contribution in [3.05, 3.63) is 70.5 Å². The van der Waals surface area contributed by atoms with Crippen molar-refractivity contribution in [2.45, 2.75) is 45.6 Å². The summed E-state index contributed by atoms with van der Waals surface area (Å²) in [5.41, 5.74) is 5.50. The van der Waals surface area contributed by atoms with Crippen molar-refractivity contribution >= 4 is 11.9 Å². The topological polar surface area (TPSA) is 82.9 Å². The van der Waals surface area contributed by atoms with Gasteiger partial charge in [-0.2, -0.15) is 5.10 Å². The molecule has 0 spiro atoms. The zero-order valence-electron chi connectivity index (χ0n) is 21.0. The Balaban J connectivity index is 1.33. The average molecular weight is 490 g/mol. The van der Waals surface area contributed by atoms with E-state index in [1.165, 1.54) is 7.11 Å². The number of carbonyl (C=O) groups is 2. The van der Waals surface area contributed by atoms with Crippen LogP contribution >= 0.6 is 0 Å². The monoisotopic (exact) mass is 489 g/mol. The first-order valence-corrected chi connectivity index (χ1v) is 12.4. The maximum Gasteiger partial charge on any atom is 0.305 e. The second-order valence-corrected chi connectivity index (χ2v) is 9.24. The molecule has 36 heavy (non-hydrogen) atoms. The first-order chi connectivity index (χ1) is 17.5. The summed E-state index contributed by atoms with van der Waals surface area (Å²) in [6, 6.07) is 13.6. The highest BCUT2D eigenvalue weighted by molar-refractivity contribution is 5.95. The van der Waals surface area contributed by atoms with E-state index in [9.17, 15) is 9.59 Å². The number of ether oxygens (including phenoxy) is 3. The van der Waals surface area contributed by atoms with Crippen molar-refractivity contribution in [3.63, 3.8) is 0 Å². The average Bonchev–Trinajstić information content (AvgIpc) is 3.51. The molecule has 0 bridgehead atoms. The van der Waals surface area contributed by atoms with Crippen LogP contribution in [0.4, 0.5) is 0 Å². The Kier molecular flexibility index (Phi) is 6.67. The lowest BCUT2D eigenvalue weighted by Crippen LogP contribution is -2.30. The van der Waals surface area contributed by atoms with Crippen LogP contribution < -0.4 is 9.47 Å². The number of esters is 1. The van der Waals surface area contributed by atoms with Crippen LogP contribution in [0.2, 0.25) is 0 Å². The summed E-state index contributed by atoms with van der Waals surface area (Å²) in [6.07, 6.45) is 2.78. The highest BCUT2D eigenvalue weighted by atomic mass is 16.6. The third kappa shape index (κ3) is 4.55. The fourth-order valence-corrected chi connectivity index (χ4v) is 5.15. The number of rotatable bonds is 6. The molecular formula is C28H31N3O5. The third-order valence-corrected chi connectivity index (χ3v) is 7.07. The molecule has 2 aliphatic rings. The molecule has 8 heteroatoms. The van der Waals surface area contributed by atoms with Crippen molar-refractivity contribution in [1.82, 2.24) is 14.7 Å². The van der Waals surface area contributed by atoms with Crippen LogP contribution in [0.15, 0.2) is 42.5 Å². The summed E-state index contributed by atoms with van der Waals surface area (Å²) >= 11 is 0. The number of methoxy groups -OCH3 is 1. The van der Waals surface area contributed by atoms with Gasteiger partial charge in [-0.1, -0.05) is 6.07 Å². The number of nitrogens with zero attached hydrogens (tertiary/aromatic N) is 3. The van der Waals surface area contributed by atoms with Crippen LogP contribution in [0.25, 0.3) is 5.69 Å². The van der Waals surface area contributed by atoms with Gasteiger partial charge in [-0.15, -0.1) is 0 Å². The van der Waals surface area contributed by atoms with Gasteiger partial charge in [0.25, 0.3) is 5.91 Å². The number of amides is 1. The lowest BCUT2D eigenvalue weighted by Gasteiger charge is -2.27. The molecule has 188 valence electrons. The molecule has 1 unspecified atom stereocenters. The smallest absolute Gasteiger partial charge is 0.305 e. The maximum absolute atomic E-state index is 13.5. The number of benzene rings is 2. The van der Waals surface area contributed by atoms with Crippen molar-refractivity contribution in [1.29, 1.82) is 0 Å². The summed E-state index contributed by atoms with van der Waals surface area (Å²) < 4.78 is 18.0. The molecule has 3 aromatic rings. The lowest BCUT2D eigenvalue weighted by atomic mass is 10.0. The predicted molar refractivity (Wildman–Crippen MR) is 134 cm³/mol. The van der Waals surface area contributed by atoms with Crippen LogP contribution in [-0.4, -0.2) is 53.4 Å². The maximum atomic E-state index is 13.5. The van der Waals surface area contributed by atoms with Gasteiger partial charge in [-0.25, -0.2) is 4.68 Å². The molecule has 0 N–H and O–H groups in total. The number of aromatic nitrogens is 2. The second kappa shape index (κ2) is 10.0. The number of likely N-dealkylation sites (tertiary alicyclic amines) is 1. The highest BCUT2D eigenvalue weighted by Gasteiger charge is 2.31. The number of hydrogen-bond acceptors (Lipinski definition) is 6. The Morgan fingerprint density at radius 2 is 1.81 bits per heavy atom. The van der Waals surface area contributed by atoms with Gasteiger partial charge in [-0.3, -0.25) is 9.59 Å². The first-order valence-electron chi connectivity index (χ1n) is 12.4. The quantitative estimate of drug-likeness (QED) is 0.479. The van der Waals surface area contributed by atoms with E-state index in [0.29, 0.717) is 31.6 Å². The standard InChI is InChI=1S/C28H31N3O5/c1-18-23(11-13-27(32)34-3)19(2)31(29-18)22-9-6-20(7-10-22)28(33)30-14-4-5-24(30)21-8-12-25-26(17-21)36-16-15-35-25/h6-10,12,17,24H,4-5,11,13-16H2,1-3H3. The van der Waals surface area contributed by atoms with E-state index in [0.717, 1.165) is 59.1 Å². The summed E-state index contributed by atoms with van der Waals surface area (Å²) in [6.45, 7) is 5.76. The normalized spacial score (nSPS) is 16.8. The van der Waals surface area contributed by atoms with Crippen LogP contribution in [0.3, 0.4) is 0 Å². The van der Waals surface area contributed by atoms with Crippen LogP contribution in [0.5, 0.6) is 11.5 Å². The molecule has 5 rings (SSSR count). The molecule has 8 nitrogen and oxygen atoms in total. The van der Waals surface area contributed by atoms with Crippen molar-refractivity contribution in [2.24, 2.45) is 0 Å². The molecule has 1 atom stereocenters. The SMILES string of the molecule is COC(=O)CCc1c(C)nn(-c2ccc(C(=O)N3CCCC3c3ccc4c(c3)OCCO4)cc2)c1C. The molecule has 2 aliphatic heterocycles. The fraction of sp³-hybridized carbons (Fsp3) is 0.393. The summed E-state index contributed by atoms with van der Waals surface area (Å²) in [4.78, 5) is 27.0. The summed E-state index contributed by atoms with van der Waals surface area (Å²) in [7, 11) is 1.40. The minimum Gasteiger partial charge on any atom is -0.486 e. The van der Waals surface area contributed by atoms with Gasteiger partial charge < -0.3 is 19.1 Å². The van der Waals surface area contributed by atoms with E-state index in [-0.39, 0.29) is 17.9 Å². The Bertz CT molecular complexity index is 1280. The zero-order chi connectivity index (χ0) is 25.2. The molecule has 3 heterocycles. The largest absolute Gasteiger partial charge is 0.486 e. The Morgan fingerprint density at radius 3 is 2.56 bits per heavy atom.